The molecule has 26 heavy (non-hydrogen) atoms. The highest BCUT2D eigenvalue weighted by Gasteiger charge is 2.17. The Hall–Kier alpha value is -1.90. The van der Waals surface area contributed by atoms with Crippen molar-refractivity contribution in [3.8, 4) is 10.8 Å². The largest absolute Gasteiger partial charge is 0.410 e. The number of methoxy groups -OCH3 is 1. The number of Topliss-reactive ketones (excluding diaryl/α,β-unsaturated/α-hetero) is 1. The first-order chi connectivity index (χ1) is 12.6. The Morgan fingerprint density at radius 2 is 2.23 bits per heavy atom. The summed E-state index contributed by atoms with van der Waals surface area (Å²) in [6, 6.07) is 5.81. The molecule has 3 rings (SSSR count). The van der Waals surface area contributed by atoms with E-state index in [9.17, 15) is 4.79 Å². The number of carbonyl (C=O) groups is 1. The summed E-state index contributed by atoms with van der Waals surface area (Å²) in [5.41, 5.74) is 2.84. The topological polar surface area (TPSA) is 70.2 Å². The predicted molar refractivity (Wildman–Crippen MR) is 103 cm³/mol. The van der Waals surface area contributed by atoms with E-state index in [0.717, 1.165) is 34.8 Å². The summed E-state index contributed by atoms with van der Waals surface area (Å²) in [6.07, 6.45) is 0.919. The number of ether oxygens (including phenoxy) is 1. The Kier molecular flexibility index (Phi) is 6.29. The molecule has 0 aromatic carbocycles. The van der Waals surface area contributed by atoms with Gasteiger partial charge in [0.15, 0.2) is 5.78 Å². The van der Waals surface area contributed by atoms with Crippen LogP contribution in [0.15, 0.2) is 33.2 Å². The van der Waals surface area contributed by atoms with Crippen molar-refractivity contribution in [2.24, 2.45) is 0 Å². The molecule has 8 heteroatoms. The number of carbonyl (C=O) groups excluding carboxylic acids is 1. The van der Waals surface area contributed by atoms with Gasteiger partial charge in [-0.25, -0.2) is 0 Å². The maximum absolute atomic E-state index is 12.6. The van der Waals surface area contributed by atoms with Gasteiger partial charge in [-0.2, -0.15) is 0 Å². The van der Waals surface area contributed by atoms with Crippen LogP contribution < -0.4 is 0 Å². The van der Waals surface area contributed by atoms with Gasteiger partial charge in [-0.15, -0.1) is 21.5 Å². The highest BCUT2D eigenvalue weighted by Crippen LogP contribution is 2.27. The van der Waals surface area contributed by atoms with Crippen molar-refractivity contribution in [2.75, 3.05) is 19.5 Å². The second-order valence-corrected chi connectivity index (χ2v) is 7.72. The van der Waals surface area contributed by atoms with E-state index < -0.39 is 0 Å². The van der Waals surface area contributed by atoms with Crippen LogP contribution in [0.2, 0.25) is 0 Å². The van der Waals surface area contributed by atoms with Gasteiger partial charge in [-0.3, -0.25) is 4.79 Å². The maximum Gasteiger partial charge on any atom is 0.277 e. The van der Waals surface area contributed by atoms with E-state index in [1.54, 1.807) is 18.4 Å². The Morgan fingerprint density at radius 3 is 2.96 bits per heavy atom. The molecule has 0 aliphatic rings. The van der Waals surface area contributed by atoms with Crippen LogP contribution in [-0.2, 0) is 11.3 Å². The molecule has 0 atom stereocenters. The smallest absolute Gasteiger partial charge is 0.277 e. The highest BCUT2D eigenvalue weighted by molar-refractivity contribution is 7.99. The summed E-state index contributed by atoms with van der Waals surface area (Å²) in [5, 5.41) is 10.4. The Morgan fingerprint density at radius 1 is 1.38 bits per heavy atom. The Labute approximate surface area is 160 Å². The summed E-state index contributed by atoms with van der Waals surface area (Å²) in [7, 11) is 1.70. The summed E-state index contributed by atoms with van der Waals surface area (Å²) >= 11 is 2.81. The molecular formula is C18H21N3O3S2. The van der Waals surface area contributed by atoms with Gasteiger partial charge >= 0.3 is 0 Å². The van der Waals surface area contributed by atoms with Crippen LogP contribution in [0.5, 0.6) is 0 Å². The Balaban J connectivity index is 1.62. The van der Waals surface area contributed by atoms with Crippen LogP contribution in [0.25, 0.3) is 10.8 Å². The lowest BCUT2D eigenvalue weighted by Crippen LogP contribution is -2.08. The van der Waals surface area contributed by atoms with Crippen molar-refractivity contribution in [1.29, 1.82) is 0 Å². The molecule has 0 spiro atoms. The van der Waals surface area contributed by atoms with Gasteiger partial charge in [0.1, 0.15) is 0 Å². The number of ketones is 1. The molecule has 0 aliphatic heterocycles. The average Bonchev–Trinajstić information content (AvgIpc) is 3.35. The van der Waals surface area contributed by atoms with Crippen molar-refractivity contribution in [2.45, 2.75) is 32.0 Å². The summed E-state index contributed by atoms with van der Waals surface area (Å²) in [6.45, 7) is 5.56. The third-order valence-electron chi connectivity index (χ3n) is 4.07. The minimum atomic E-state index is 0.0666. The number of thioether (sulfide) groups is 1. The van der Waals surface area contributed by atoms with Crippen LogP contribution in [0, 0.1) is 13.8 Å². The normalized spacial score (nSPS) is 11.2. The average molecular weight is 392 g/mol. The molecule has 6 nitrogen and oxygen atoms in total. The number of hydrogen-bond donors (Lipinski definition) is 0. The fraction of sp³-hybridized carbons (Fsp3) is 0.389. The molecule has 3 heterocycles. The van der Waals surface area contributed by atoms with Gasteiger partial charge in [0, 0.05) is 37.2 Å². The van der Waals surface area contributed by atoms with Crippen molar-refractivity contribution in [3.05, 3.63) is 40.5 Å². The van der Waals surface area contributed by atoms with Gasteiger partial charge in [0.25, 0.3) is 11.1 Å². The second-order valence-electron chi connectivity index (χ2n) is 5.85. The molecule has 3 aromatic heterocycles. The second kappa shape index (κ2) is 8.66. The molecule has 0 saturated heterocycles. The van der Waals surface area contributed by atoms with Crippen LogP contribution in [0.1, 0.15) is 28.2 Å². The van der Waals surface area contributed by atoms with Crippen molar-refractivity contribution in [3.63, 3.8) is 0 Å². The van der Waals surface area contributed by atoms with Crippen LogP contribution >= 0.6 is 23.1 Å². The molecule has 3 aromatic rings. The first kappa shape index (κ1) is 18.9. The first-order valence-corrected chi connectivity index (χ1v) is 10.2. The zero-order valence-electron chi connectivity index (χ0n) is 15.0. The molecule has 0 radical (unpaired) electrons. The van der Waals surface area contributed by atoms with Crippen LogP contribution in [0.3, 0.4) is 0 Å². The molecule has 0 fully saturated rings. The summed E-state index contributed by atoms with van der Waals surface area (Å²) in [5.74, 6) is 0.831. The summed E-state index contributed by atoms with van der Waals surface area (Å²) in [4.78, 5) is 13.5. The number of rotatable bonds is 9. The number of aryl methyl sites for hydroxylation is 1. The quantitative estimate of drug-likeness (QED) is 0.309. The zero-order valence-corrected chi connectivity index (χ0v) is 16.7. The molecule has 0 saturated carbocycles. The molecule has 0 aliphatic carbocycles. The van der Waals surface area contributed by atoms with Gasteiger partial charge in [0.05, 0.1) is 10.6 Å². The van der Waals surface area contributed by atoms with Crippen LogP contribution in [0.4, 0.5) is 0 Å². The van der Waals surface area contributed by atoms with Gasteiger partial charge in [0.2, 0.25) is 0 Å². The lowest BCUT2D eigenvalue weighted by atomic mass is 10.2. The lowest BCUT2D eigenvalue weighted by Gasteiger charge is -2.09. The monoisotopic (exact) mass is 391 g/mol. The number of thiophene rings is 1. The Bertz CT molecular complexity index is 869. The molecule has 0 unspecified atom stereocenters. The molecule has 0 N–H and O–H groups in total. The number of aromatic nitrogens is 3. The summed E-state index contributed by atoms with van der Waals surface area (Å²) < 4.78 is 12.9. The minimum Gasteiger partial charge on any atom is -0.410 e. The van der Waals surface area contributed by atoms with Crippen LogP contribution in [-0.4, -0.2) is 40.0 Å². The van der Waals surface area contributed by atoms with E-state index in [1.165, 1.54) is 11.8 Å². The minimum absolute atomic E-state index is 0.0666. The number of hydrogen-bond acceptors (Lipinski definition) is 7. The predicted octanol–water partition coefficient (Wildman–Crippen LogP) is 4.23. The number of nitrogens with zero attached hydrogens (tertiary/aromatic N) is 3. The van der Waals surface area contributed by atoms with Gasteiger partial charge < -0.3 is 13.7 Å². The molecule has 0 bridgehead atoms. The van der Waals surface area contributed by atoms with Crippen molar-refractivity contribution >= 4 is 28.9 Å². The standard InChI is InChI=1S/C18H21N3O3S2/c1-12-10-14(13(2)21(12)7-5-8-23-3)15(22)11-26-18-20-19-17(24-18)16-6-4-9-25-16/h4,6,9-10H,5,7-8,11H2,1-3H3. The SMILES string of the molecule is COCCCn1c(C)cc(C(=O)CSc2nnc(-c3cccs3)o2)c1C. The first-order valence-electron chi connectivity index (χ1n) is 8.29. The van der Waals surface area contributed by atoms with E-state index in [2.05, 4.69) is 14.8 Å². The fourth-order valence-corrected chi connectivity index (χ4v) is 4.06. The third kappa shape index (κ3) is 4.25. The zero-order chi connectivity index (χ0) is 18.5. The van der Waals surface area contributed by atoms with Crippen molar-refractivity contribution in [1.82, 2.24) is 14.8 Å². The van der Waals surface area contributed by atoms with E-state index in [-0.39, 0.29) is 11.5 Å². The fourth-order valence-electron chi connectivity index (χ4n) is 2.77. The van der Waals surface area contributed by atoms with Crippen molar-refractivity contribution < 1.29 is 13.9 Å². The maximum atomic E-state index is 12.6. The molecule has 0 amide bonds. The van der Waals surface area contributed by atoms with E-state index in [1.807, 2.05) is 37.4 Å². The third-order valence-corrected chi connectivity index (χ3v) is 5.75. The van der Waals surface area contributed by atoms with E-state index in [0.29, 0.717) is 17.7 Å². The lowest BCUT2D eigenvalue weighted by molar-refractivity contribution is 0.102. The van der Waals surface area contributed by atoms with Gasteiger partial charge in [-0.05, 0) is 37.8 Å². The van der Waals surface area contributed by atoms with Gasteiger partial charge in [-0.1, -0.05) is 17.8 Å². The van der Waals surface area contributed by atoms with E-state index >= 15 is 0 Å². The highest BCUT2D eigenvalue weighted by atomic mass is 32.2. The van der Waals surface area contributed by atoms with E-state index in [4.69, 9.17) is 9.15 Å². The molecular weight excluding hydrogens is 370 g/mol. The molecule has 138 valence electrons.